The van der Waals surface area contributed by atoms with Gasteiger partial charge >= 0.3 is 5.97 Å². The van der Waals surface area contributed by atoms with E-state index in [1.807, 2.05) is 13.8 Å². The molecule has 0 radical (unpaired) electrons. The minimum atomic E-state index is -1.12. The van der Waals surface area contributed by atoms with Gasteiger partial charge in [-0.2, -0.15) is 0 Å². The average Bonchev–Trinajstić information content (AvgIpc) is 2.15. The molecule has 0 aromatic carbocycles. The van der Waals surface area contributed by atoms with E-state index in [0.717, 1.165) is 19.3 Å². The van der Waals surface area contributed by atoms with Crippen molar-refractivity contribution in [3.63, 3.8) is 0 Å². The molecule has 0 spiro atoms. The lowest BCUT2D eigenvalue weighted by atomic mass is 9.65. The van der Waals surface area contributed by atoms with Crippen LogP contribution in [0.25, 0.3) is 0 Å². The molecule has 1 saturated carbocycles. The highest BCUT2D eigenvalue weighted by atomic mass is 16.5. The molecule has 0 saturated heterocycles. The molecule has 4 heteroatoms. The van der Waals surface area contributed by atoms with E-state index in [1.165, 1.54) is 0 Å². The molecule has 0 amide bonds. The zero-order chi connectivity index (χ0) is 11.5. The van der Waals surface area contributed by atoms with Gasteiger partial charge in [0.25, 0.3) is 0 Å². The number of aliphatic carboxylic acids is 1. The Kier molecular flexibility index (Phi) is 3.73. The van der Waals surface area contributed by atoms with Crippen LogP contribution in [0.2, 0.25) is 0 Å². The van der Waals surface area contributed by atoms with Crippen molar-refractivity contribution >= 4 is 5.97 Å². The van der Waals surface area contributed by atoms with Crippen molar-refractivity contribution in [1.82, 2.24) is 0 Å². The maximum absolute atomic E-state index is 11.4. The van der Waals surface area contributed by atoms with Gasteiger partial charge in [-0.15, -0.1) is 0 Å². The van der Waals surface area contributed by atoms with Crippen LogP contribution in [-0.2, 0) is 9.53 Å². The van der Waals surface area contributed by atoms with E-state index in [0.29, 0.717) is 6.42 Å². The number of aliphatic hydroxyl groups excluding tert-OH is 1. The Morgan fingerprint density at radius 3 is 2.40 bits per heavy atom. The Balaban J connectivity index is 2.90. The molecule has 0 aromatic rings. The van der Waals surface area contributed by atoms with Gasteiger partial charge in [0.2, 0.25) is 0 Å². The topological polar surface area (TPSA) is 66.8 Å². The van der Waals surface area contributed by atoms with E-state index in [-0.39, 0.29) is 18.6 Å². The third-order valence-corrected chi connectivity index (χ3v) is 3.46. The van der Waals surface area contributed by atoms with Crippen molar-refractivity contribution in [1.29, 1.82) is 0 Å². The van der Waals surface area contributed by atoms with Crippen molar-refractivity contribution in [2.45, 2.75) is 45.1 Å². The number of carbonyl (C=O) groups is 1. The first-order valence-electron chi connectivity index (χ1n) is 5.44. The second-order valence-corrected chi connectivity index (χ2v) is 4.80. The van der Waals surface area contributed by atoms with Gasteiger partial charge in [0.05, 0.1) is 13.2 Å². The zero-order valence-electron chi connectivity index (χ0n) is 9.45. The summed E-state index contributed by atoms with van der Waals surface area (Å²) in [5.74, 6) is -0.902. The highest BCUT2D eigenvalue weighted by Gasteiger charge is 2.53. The minimum absolute atomic E-state index is 0.0930. The Morgan fingerprint density at radius 1 is 1.33 bits per heavy atom. The molecule has 1 atom stereocenters. The summed E-state index contributed by atoms with van der Waals surface area (Å²) in [6.45, 7) is 3.82. The summed E-state index contributed by atoms with van der Waals surface area (Å²) in [5.41, 5.74) is -1.49. The van der Waals surface area contributed by atoms with Gasteiger partial charge < -0.3 is 14.9 Å². The van der Waals surface area contributed by atoms with E-state index in [9.17, 15) is 9.90 Å². The summed E-state index contributed by atoms with van der Waals surface area (Å²) < 4.78 is 5.45. The normalized spacial score (nSPS) is 30.1. The molecule has 1 aliphatic carbocycles. The Hall–Kier alpha value is -0.610. The molecule has 88 valence electrons. The SMILES string of the molecule is CC1(C)CCCCC1(OCCO)C(=O)O. The smallest absolute Gasteiger partial charge is 0.336 e. The van der Waals surface area contributed by atoms with Crippen molar-refractivity contribution < 1.29 is 19.7 Å². The quantitative estimate of drug-likeness (QED) is 0.745. The number of hydrogen-bond acceptors (Lipinski definition) is 3. The van der Waals surface area contributed by atoms with Crippen LogP contribution in [0.4, 0.5) is 0 Å². The molecule has 0 aromatic heterocycles. The molecule has 4 nitrogen and oxygen atoms in total. The van der Waals surface area contributed by atoms with Gasteiger partial charge in [-0.25, -0.2) is 4.79 Å². The van der Waals surface area contributed by atoms with Crippen LogP contribution in [0.15, 0.2) is 0 Å². The van der Waals surface area contributed by atoms with Gasteiger partial charge in [-0.1, -0.05) is 20.3 Å². The molecule has 1 fully saturated rings. The summed E-state index contributed by atoms with van der Waals surface area (Å²) in [6, 6.07) is 0. The van der Waals surface area contributed by atoms with Gasteiger partial charge in [-0.05, 0) is 19.3 Å². The minimum Gasteiger partial charge on any atom is -0.479 e. The Bertz CT molecular complexity index is 237. The highest BCUT2D eigenvalue weighted by molar-refractivity contribution is 5.78. The predicted octanol–water partition coefficient (Wildman–Crippen LogP) is 1.42. The Morgan fingerprint density at radius 2 is 1.93 bits per heavy atom. The number of carboxylic acid groups (broad SMARTS) is 1. The first-order chi connectivity index (χ1) is 6.96. The van der Waals surface area contributed by atoms with Crippen LogP contribution in [0.3, 0.4) is 0 Å². The fourth-order valence-electron chi connectivity index (χ4n) is 2.43. The van der Waals surface area contributed by atoms with Crippen LogP contribution in [0.1, 0.15) is 39.5 Å². The van der Waals surface area contributed by atoms with Gasteiger partial charge in [-0.3, -0.25) is 0 Å². The van der Waals surface area contributed by atoms with Crippen molar-refractivity contribution in [3.05, 3.63) is 0 Å². The van der Waals surface area contributed by atoms with Crippen molar-refractivity contribution in [2.24, 2.45) is 5.41 Å². The van der Waals surface area contributed by atoms with Crippen molar-refractivity contribution in [3.8, 4) is 0 Å². The van der Waals surface area contributed by atoms with E-state index in [4.69, 9.17) is 9.84 Å². The van der Waals surface area contributed by atoms with E-state index >= 15 is 0 Å². The molecular formula is C11H20O4. The van der Waals surface area contributed by atoms with Crippen LogP contribution >= 0.6 is 0 Å². The van der Waals surface area contributed by atoms with Crippen molar-refractivity contribution in [2.75, 3.05) is 13.2 Å². The average molecular weight is 216 g/mol. The zero-order valence-corrected chi connectivity index (χ0v) is 9.45. The number of carboxylic acids is 1. The third kappa shape index (κ3) is 2.16. The lowest BCUT2D eigenvalue weighted by molar-refractivity contribution is -0.195. The largest absolute Gasteiger partial charge is 0.479 e. The van der Waals surface area contributed by atoms with Crippen LogP contribution < -0.4 is 0 Å². The third-order valence-electron chi connectivity index (χ3n) is 3.46. The first kappa shape index (κ1) is 12.5. The highest BCUT2D eigenvalue weighted by Crippen LogP contribution is 2.46. The second-order valence-electron chi connectivity index (χ2n) is 4.80. The molecule has 1 aliphatic rings. The summed E-state index contributed by atoms with van der Waals surface area (Å²) in [6.07, 6.45) is 3.31. The van der Waals surface area contributed by atoms with Crippen LogP contribution in [0.5, 0.6) is 0 Å². The molecule has 15 heavy (non-hydrogen) atoms. The molecule has 1 unspecified atom stereocenters. The maximum atomic E-state index is 11.4. The number of aliphatic hydroxyl groups is 1. The number of rotatable bonds is 4. The van der Waals surface area contributed by atoms with Crippen LogP contribution in [0, 0.1) is 5.41 Å². The summed E-state index contributed by atoms with van der Waals surface area (Å²) in [7, 11) is 0. The second kappa shape index (κ2) is 4.49. The summed E-state index contributed by atoms with van der Waals surface area (Å²) >= 11 is 0. The molecule has 2 N–H and O–H groups in total. The Labute approximate surface area is 90.2 Å². The first-order valence-corrected chi connectivity index (χ1v) is 5.44. The summed E-state index contributed by atoms with van der Waals surface area (Å²) in [4.78, 5) is 11.4. The lowest BCUT2D eigenvalue weighted by Crippen LogP contribution is -2.55. The molecule has 0 bridgehead atoms. The number of ether oxygens (including phenoxy) is 1. The molecular weight excluding hydrogens is 196 g/mol. The fourth-order valence-corrected chi connectivity index (χ4v) is 2.43. The van der Waals surface area contributed by atoms with Gasteiger partial charge in [0, 0.05) is 5.41 Å². The van der Waals surface area contributed by atoms with E-state index in [1.54, 1.807) is 0 Å². The maximum Gasteiger partial charge on any atom is 0.336 e. The monoisotopic (exact) mass is 216 g/mol. The van der Waals surface area contributed by atoms with E-state index in [2.05, 4.69) is 0 Å². The fraction of sp³-hybridized carbons (Fsp3) is 0.909. The predicted molar refractivity (Wildman–Crippen MR) is 55.7 cm³/mol. The van der Waals surface area contributed by atoms with Crippen LogP contribution in [-0.4, -0.2) is 35.0 Å². The van der Waals surface area contributed by atoms with Gasteiger partial charge in [0.1, 0.15) is 0 Å². The number of hydrogen-bond donors (Lipinski definition) is 2. The van der Waals surface area contributed by atoms with Gasteiger partial charge in [0.15, 0.2) is 5.60 Å². The standard InChI is InChI=1S/C11H20O4/c1-10(2)5-3-4-6-11(10,9(13)14)15-8-7-12/h12H,3-8H2,1-2H3,(H,13,14). The lowest BCUT2D eigenvalue weighted by Gasteiger charge is -2.46. The summed E-state index contributed by atoms with van der Waals surface area (Å²) in [5, 5.41) is 18.1. The molecule has 1 rings (SSSR count). The van der Waals surface area contributed by atoms with E-state index < -0.39 is 11.6 Å². The molecule has 0 aliphatic heterocycles. The molecule has 0 heterocycles.